The molecule has 2 aromatic rings. The first-order chi connectivity index (χ1) is 11.4. The Balaban J connectivity index is 2.57. The van der Waals surface area contributed by atoms with Gasteiger partial charge in [0.25, 0.3) is 0 Å². The van der Waals surface area contributed by atoms with Crippen molar-refractivity contribution < 1.29 is 29.0 Å². The molecule has 0 aliphatic carbocycles. The van der Waals surface area contributed by atoms with Crippen LogP contribution in [-0.2, 0) is 16.0 Å². The zero-order chi connectivity index (χ0) is 17.7. The van der Waals surface area contributed by atoms with Gasteiger partial charge in [0.15, 0.2) is 0 Å². The topological polar surface area (TPSA) is 89.9 Å². The summed E-state index contributed by atoms with van der Waals surface area (Å²) in [6, 6.07) is 11.9. The second-order valence-corrected chi connectivity index (χ2v) is 5.11. The van der Waals surface area contributed by atoms with Gasteiger partial charge >= 0.3 is 17.9 Å². The van der Waals surface area contributed by atoms with Crippen molar-refractivity contribution in [2.24, 2.45) is 0 Å². The third kappa shape index (κ3) is 4.42. The number of aromatic carboxylic acids is 1. The van der Waals surface area contributed by atoms with Crippen LogP contribution in [0.1, 0.15) is 35.3 Å². The number of carbonyl (C=O) groups is 3. The number of hydrogen-bond donors (Lipinski definition) is 1. The third-order valence-electron chi connectivity index (χ3n) is 3.11. The lowest BCUT2D eigenvalue weighted by molar-refractivity contribution is -0.133. The summed E-state index contributed by atoms with van der Waals surface area (Å²) < 4.78 is 10.1. The number of carboxylic acid groups (broad SMARTS) is 1. The quantitative estimate of drug-likeness (QED) is 0.670. The van der Waals surface area contributed by atoms with E-state index in [1.54, 1.807) is 0 Å². The summed E-state index contributed by atoms with van der Waals surface area (Å²) in [5.41, 5.74) is 1.09. The Labute approximate surface area is 138 Å². The molecule has 1 N–H and O–H groups in total. The van der Waals surface area contributed by atoms with Crippen LogP contribution in [0.15, 0.2) is 42.5 Å². The monoisotopic (exact) mass is 328 g/mol. The first kappa shape index (κ1) is 17.2. The van der Waals surface area contributed by atoms with Crippen molar-refractivity contribution in [1.82, 2.24) is 0 Å². The Hall–Kier alpha value is -3.15. The smallest absolute Gasteiger partial charge is 0.339 e. The van der Waals surface area contributed by atoms with Gasteiger partial charge in [0, 0.05) is 25.8 Å². The number of hydrogen-bond acceptors (Lipinski definition) is 5. The highest BCUT2D eigenvalue weighted by Crippen LogP contribution is 2.32. The zero-order valence-electron chi connectivity index (χ0n) is 13.2. The summed E-state index contributed by atoms with van der Waals surface area (Å²) in [5, 5.41) is 9.40. The van der Waals surface area contributed by atoms with E-state index in [2.05, 4.69) is 0 Å². The normalized spacial score (nSPS) is 10.1. The summed E-state index contributed by atoms with van der Waals surface area (Å²) in [7, 11) is 0. The largest absolute Gasteiger partial charge is 0.478 e. The molecule has 6 heteroatoms. The maximum Gasteiger partial charge on any atom is 0.339 e. The summed E-state index contributed by atoms with van der Waals surface area (Å²) in [5.74, 6) is -2.45. The molecule has 0 amide bonds. The summed E-state index contributed by atoms with van der Waals surface area (Å²) in [6.07, 6.45) is 0.318. The van der Waals surface area contributed by atoms with Crippen molar-refractivity contribution >= 4 is 17.9 Å². The molecule has 0 bridgehead atoms. The van der Waals surface area contributed by atoms with E-state index in [0.29, 0.717) is 12.0 Å². The molecular formula is C18H16O6. The van der Waals surface area contributed by atoms with Gasteiger partial charge in [-0.3, -0.25) is 9.59 Å². The van der Waals surface area contributed by atoms with Gasteiger partial charge in [-0.25, -0.2) is 4.79 Å². The minimum absolute atomic E-state index is 0.0465. The molecule has 0 unspecified atom stereocenters. The fraction of sp³-hybridized carbons (Fsp3) is 0.167. The maximum atomic E-state index is 11.5. The highest BCUT2D eigenvalue weighted by atomic mass is 16.5. The van der Waals surface area contributed by atoms with Crippen molar-refractivity contribution in [3.8, 4) is 11.5 Å². The predicted octanol–water partition coefficient (Wildman–Crippen LogP) is 2.83. The van der Waals surface area contributed by atoms with Crippen LogP contribution in [0.3, 0.4) is 0 Å². The van der Waals surface area contributed by atoms with Gasteiger partial charge in [-0.1, -0.05) is 30.3 Å². The molecule has 0 fully saturated rings. The lowest BCUT2D eigenvalue weighted by Crippen LogP contribution is -2.12. The van der Waals surface area contributed by atoms with Crippen LogP contribution >= 0.6 is 0 Å². The van der Waals surface area contributed by atoms with Gasteiger partial charge in [0.2, 0.25) is 0 Å². The van der Waals surface area contributed by atoms with Crippen LogP contribution < -0.4 is 9.47 Å². The van der Waals surface area contributed by atoms with Gasteiger partial charge in [0.05, 0.1) is 0 Å². The lowest BCUT2D eigenvalue weighted by atomic mass is 10.0. The molecule has 2 aromatic carbocycles. The van der Waals surface area contributed by atoms with Crippen molar-refractivity contribution in [3.63, 3.8) is 0 Å². The summed E-state index contributed by atoms with van der Waals surface area (Å²) in [4.78, 5) is 34.0. The number of carboxylic acids is 1. The minimum atomic E-state index is -1.28. The number of benzene rings is 2. The third-order valence-corrected chi connectivity index (χ3v) is 3.11. The van der Waals surface area contributed by atoms with Gasteiger partial charge < -0.3 is 14.6 Å². The Morgan fingerprint density at radius 2 is 1.58 bits per heavy atom. The Kier molecular flexibility index (Phi) is 5.31. The molecule has 0 radical (unpaired) electrons. The average Bonchev–Trinajstić information content (AvgIpc) is 2.49. The molecule has 0 atom stereocenters. The van der Waals surface area contributed by atoms with E-state index in [4.69, 9.17) is 9.47 Å². The highest BCUT2D eigenvalue weighted by Gasteiger charge is 2.20. The Morgan fingerprint density at radius 1 is 0.958 bits per heavy atom. The van der Waals surface area contributed by atoms with Gasteiger partial charge in [-0.15, -0.1) is 0 Å². The lowest BCUT2D eigenvalue weighted by Gasteiger charge is -2.14. The van der Waals surface area contributed by atoms with Crippen LogP contribution in [0, 0.1) is 0 Å². The van der Waals surface area contributed by atoms with E-state index in [1.165, 1.54) is 19.9 Å². The molecular weight excluding hydrogens is 312 g/mol. The van der Waals surface area contributed by atoms with E-state index >= 15 is 0 Å². The minimum Gasteiger partial charge on any atom is -0.478 e. The second kappa shape index (κ2) is 7.41. The van der Waals surface area contributed by atoms with Crippen LogP contribution in [-0.4, -0.2) is 23.0 Å². The van der Waals surface area contributed by atoms with E-state index in [-0.39, 0.29) is 17.1 Å². The standard InChI is InChI=1S/C18H16O6/c1-11(19)23-15-9-14(8-13-6-4-3-5-7-13)17(24-12(2)20)16(10-15)18(21)22/h3-7,9-10H,8H2,1-2H3,(H,21,22). The SMILES string of the molecule is CC(=O)Oc1cc(Cc2ccccc2)c(OC(C)=O)c(C(=O)O)c1. The molecule has 0 heterocycles. The number of carbonyl (C=O) groups excluding carboxylic acids is 2. The molecule has 124 valence electrons. The van der Waals surface area contributed by atoms with Crippen LogP contribution in [0.2, 0.25) is 0 Å². The molecule has 0 aromatic heterocycles. The van der Waals surface area contributed by atoms with Gasteiger partial charge in [-0.05, 0) is 17.7 Å². The van der Waals surface area contributed by atoms with E-state index in [0.717, 1.165) is 11.6 Å². The average molecular weight is 328 g/mol. The Morgan fingerprint density at radius 3 is 2.12 bits per heavy atom. The Bertz CT molecular complexity index is 780. The molecule has 0 aliphatic heterocycles. The summed E-state index contributed by atoms with van der Waals surface area (Å²) in [6.45, 7) is 2.41. The van der Waals surface area contributed by atoms with E-state index < -0.39 is 17.9 Å². The fourth-order valence-electron chi connectivity index (χ4n) is 2.25. The predicted molar refractivity (Wildman–Crippen MR) is 85.3 cm³/mol. The van der Waals surface area contributed by atoms with Crippen LogP contribution in [0.4, 0.5) is 0 Å². The first-order valence-electron chi connectivity index (χ1n) is 7.17. The van der Waals surface area contributed by atoms with Gasteiger partial charge in [-0.2, -0.15) is 0 Å². The molecule has 24 heavy (non-hydrogen) atoms. The number of ether oxygens (including phenoxy) is 2. The molecule has 0 saturated carbocycles. The second-order valence-electron chi connectivity index (χ2n) is 5.11. The van der Waals surface area contributed by atoms with E-state index in [1.807, 2.05) is 30.3 Å². The molecule has 0 saturated heterocycles. The molecule has 0 spiro atoms. The number of esters is 2. The zero-order valence-corrected chi connectivity index (χ0v) is 13.2. The molecule has 2 rings (SSSR count). The van der Waals surface area contributed by atoms with Crippen LogP contribution in [0.25, 0.3) is 0 Å². The fourth-order valence-corrected chi connectivity index (χ4v) is 2.25. The summed E-state index contributed by atoms with van der Waals surface area (Å²) >= 11 is 0. The van der Waals surface area contributed by atoms with E-state index in [9.17, 15) is 19.5 Å². The number of rotatable bonds is 5. The van der Waals surface area contributed by atoms with Crippen molar-refractivity contribution in [1.29, 1.82) is 0 Å². The van der Waals surface area contributed by atoms with Crippen molar-refractivity contribution in [3.05, 3.63) is 59.2 Å². The van der Waals surface area contributed by atoms with Crippen molar-refractivity contribution in [2.45, 2.75) is 20.3 Å². The van der Waals surface area contributed by atoms with Gasteiger partial charge in [0.1, 0.15) is 17.1 Å². The molecule has 6 nitrogen and oxygen atoms in total. The maximum absolute atomic E-state index is 11.5. The van der Waals surface area contributed by atoms with Crippen LogP contribution in [0.5, 0.6) is 11.5 Å². The molecule has 0 aliphatic rings. The first-order valence-corrected chi connectivity index (χ1v) is 7.17. The van der Waals surface area contributed by atoms with Crippen molar-refractivity contribution in [2.75, 3.05) is 0 Å². The highest BCUT2D eigenvalue weighted by molar-refractivity contribution is 5.93.